The van der Waals surface area contributed by atoms with Gasteiger partial charge in [-0.05, 0) is 104 Å². The van der Waals surface area contributed by atoms with Crippen LogP contribution in [0.15, 0.2) is 48.5 Å². The van der Waals surface area contributed by atoms with Gasteiger partial charge in [-0.2, -0.15) is 0 Å². The molecule has 212 valence electrons. The van der Waals surface area contributed by atoms with Crippen molar-refractivity contribution in [2.75, 3.05) is 25.0 Å². The minimum Gasteiger partial charge on any atom is -0.391 e. The lowest BCUT2D eigenvalue weighted by molar-refractivity contribution is -0.126. The predicted octanol–water partition coefficient (Wildman–Crippen LogP) is 2.73. The van der Waals surface area contributed by atoms with Crippen LogP contribution in [0.2, 0.25) is 0 Å². The molecule has 0 spiro atoms. The highest BCUT2D eigenvalue weighted by Gasteiger charge is 2.53. The van der Waals surface area contributed by atoms with Crippen LogP contribution >= 0.6 is 0 Å². The lowest BCUT2D eigenvalue weighted by Crippen LogP contribution is -2.54. The summed E-state index contributed by atoms with van der Waals surface area (Å²) in [6.07, 6.45) is 2.77. The zero-order valence-electron chi connectivity index (χ0n) is 23.4. The van der Waals surface area contributed by atoms with Crippen molar-refractivity contribution in [2.24, 2.45) is 23.2 Å². The molecule has 0 heterocycles. The number of benzene rings is 2. The van der Waals surface area contributed by atoms with Gasteiger partial charge in [-0.25, -0.2) is 0 Å². The van der Waals surface area contributed by atoms with Crippen molar-refractivity contribution in [3.63, 3.8) is 0 Å². The first-order chi connectivity index (χ1) is 19.1. The van der Waals surface area contributed by atoms with E-state index in [0.717, 1.165) is 23.9 Å². The number of hydrogen-bond acceptors (Lipinski definition) is 6. The Morgan fingerprint density at radius 2 is 1.62 bits per heavy atom. The summed E-state index contributed by atoms with van der Waals surface area (Å²) >= 11 is 0. The maximum absolute atomic E-state index is 12.4. The third-order valence-corrected chi connectivity index (χ3v) is 8.63. The molecule has 0 radical (unpaired) electrons. The fourth-order valence-corrected chi connectivity index (χ4v) is 6.06. The van der Waals surface area contributed by atoms with E-state index >= 15 is 0 Å². The number of ketones is 1. The van der Waals surface area contributed by atoms with Crippen LogP contribution in [0.25, 0.3) is 0 Å². The van der Waals surface area contributed by atoms with E-state index in [9.17, 15) is 19.5 Å². The molecular weight excluding hydrogens is 506 g/mol. The Kier molecular flexibility index (Phi) is 9.41. The van der Waals surface area contributed by atoms with E-state index in [1.54, 1.807) is 24.3 Å². The average Bonchev–Trinajstić information content (AvgIpc) is 2.95. The molecule has 8 heteroatoms. The molecule has 3 fully saturated rings. The molecule has 5 N–H and O–H groups in total. The van der Waals surface area contributed by atoms with Crippen molar-refractivity contribution >= 4 is 23.3 Å². The molecule has 0 aromatic heterocycles. The minimum absolute atomic E-state index is 0.0648. The summed E-state index contributed by atoms with van der Waals surface area (Å²) < 4.78 is 0. The zero-order chi connectivity index (χ0) is 28.9. The largest absolute Gasteiger partial charge is 0.391 e. The monoisotopic (exact) mass is 545 g/mol. The second-order valence-electron chi connectivity index (χ2n) is 11.6. The highest BCUT2D eigenvalue weighted by molar-refractivity contribution is 5.98. The molecule has 3 saturated carbocycles. The minimum atomic E-state index is -1.18. The Morgan fingerprint density at radius 1 is 1.00 bits per heavy atom. The van der Waals surface area contributed by atoms with Crippen molar-refractivity contribution < 1.29 is 24.6 Å². The summed E-state index contributed by atoms with van der Waals surface area (Å²) in [5.74, 6) is 7.15. The topological polar surface area (TPSA) is 128 Å². The first-order valence-corrected chi connectivity index (χ1v) is 13.9. The third kappa shape index (κ3) is 6.97. The van der Waals surface area contributed by atoms with E-state index in [1.807, 2.05) is 24.3 Å². The summed E-state index contributed by atoms with van der Waals surface area (Å²) in [6.45, 7) is 6.56. The van der Waals surface area contributed by atoms with Crippen LogP contribution in [0.3, 0.4) is 0 Å². The lowest BCUT2D eigenvalue weighted by atomic mass is 9.45. The molecule has 2 bridgehead atoms. The number of carbonyl (C=O) groups excluding carboxylic acids is 3. The summed E-state index contributed by atoms with van der Waals surface area (Å²) in [5, 5.41) is 27.5. The molecule has 3 aliphatic rings. The number of rotatable bonds is 10. The number of aliphatic hydroxyl groups excluding tert-OH is 2. The molecule has 5 rings (SSSR count). The van der Waals surface area contributed by atoms with E-state index in [0.29, 0.717) is 34.7 Å². The molecule has 2 amide bonds. The van der Waals surface area contributed by atoms with E-state index in [-0.39, 0.29) is 5.91 Å². The van der Waals surface area contributed by atoms with Crippen molar-refractivity contribution in [3.8, 4) is 11.8 Å². The van der Waals surface area contributed by atoms with Gasteiger partial charge >= 0.3 is 0 Å². The van der Waals surface area contributed by atoms with Crippen LogP contribution in [-0.4, -0.2) is 59.7 Å². The van der Waals surface area contributed by atoms with Gasteiger partial charge in [0.2, 0.25) is 5.91 Å². The number of anilines is 1. The Morgan fingerprint density at radius 3 is 2.17 bits per heavy atom. The number of aliphatic hydroxyl groups is 2. The highest BCUT2D eigenvalue weighted by atomic mass is 16.3. The average molecular weight is 546 g/mol. The van der Waals surface area contributed by atoms with E-state index in [4.69, 9.17) is 5.11 Å². The van der Waals surface area contributed by atoms with Gasteiger partial charge < -0.3 is 26.2 Å². The zero-order valence-corrected chi connectivity index (χ0v) is 23.4. The van der Waals surface area contributed by atoms with Crippen LogP contribution in [0, 0.1) is 35.0 Å². The Bertz CT molecular complexity index is 1270. The quantitative estimate of drug-likeness (QED) is 0.292. The van der Waals surface area contributed by atoms with Crippen molar-refractivity contribution in [1.29, 1.82) is 0 Å². The molecule has 2 aromatic rings. The van der Waals surface area contributed by atoms with Crippen LogP contribution in [-0.2, 0) is 9.59 Å². The summed E-state index contributed by atoms with van der Waals surface area (Å²) in [6, 6.07) is 12.7. The molecule has 3 aliphatic carbocycles. The van der Waals surface area contributed by atoms with Gasteiger partial charge in [0.15, 0.2) is 5.78 Å². The highest BCUT2D eigenvalue weighted by Crippen LogP contribution is 2.61. The Labute approximate surface area is 235 Å². The SMILES string of the molecule is C[C@@H](O)[C@H](NC(=O)c1ccc(C#Cc2ccc(NC(=O)CNC[C@@H]3CC[C@H]4C[C@@H]3C4(C)C)cc2)cc1)C(=O)CO. The van der Waals surface area contributed by atoms with E-state index < -0.39 is 30.4 Å². The second-order valence-corrected chi connectivity index (χ2v) is 11.6. The van der Waals surface area contributed by atoms with Crippen LogP contribution in [0.5, 0.6) is 0 Å². The van der Waals surface area contributed by atoms with Crippen LogP contribution in [0.4, 0.5) is 5.69 Å². The van der Waals surface area contributed by atoms with Gasteiger partial charge in [0, 0.05) is 22.4 Å². The first-order valence-electron chi connectivity index (χ1n) is 13.9. The molecule has 0 aliphatic heterocycles. The van der Waals surface area contributed by atoms with E-state index in [1.165, 1.54) is 26.2 Å². The number of hydrogen-bond donors (Lipinski definition) is 5. The lowest BCUT2D eigenvalue weighted by Gasteiger charge is -2.60. The van der Waals surface area contributed by atoms with E-state index in [2.05, 4.69) is 41.6 Å². The number of Topliss-reactive ketones (excluding diaryl/α,β-unsaturated/α-hetero) is 1. The van der Waals surface area contributed by atoms with Crippen LogP contribution < -0.4 is 16.0 Å². The normalized spacial score (nSPS) is 22.1. The number of fused-ring (bicyclic) bond motifs is 2. The molecule has 2 aromatic carbocycles. The Balaban J connectivity index is 1.23. The number of amides is 2. The second kappa shape index (κ2) is 12.8. The summed E-state index contributed by atoms with van der Waals surface area (Å²) in [5.41, 5.74) is 2.93. The molecule has 8 nitrogen and oxygen atoms in total. The molecule has 0 saturated heterocycles. The number of nitrogens with one attached hydrogen (secondary N) is 3. The van der Waals surface area contributed by atoms with Gasteiger partial charge in [-0.15, -0.1) is 0 Å². The molecular formula is C32H39N3O5. The molecule has 5 atom stereocenters. The van der Waals surface area contributed by atoms with Gasteiger partial charge in [-0.3, -0.25) is 14.4 Å². The molecule has 40 heavy (non-hydrogen) atoms. The maximum atomic E-state index is 12.4. The van der Waals surface area contributed by atoms with Gasteiger partial charge in [-0.1, -0.05) is 25.7 Å². The van der Waals surface area contributed by atoms with Gasteiger partial charge in [0.1, 0.15) is 12.6 Å². The maximum Gasteiger partial charge on any atom is 0.251 e. The fraction of sp³-hybridized carbons (Fsp3) is 0.469. The van der Waals surface area contributed by atoms with Crippen LogP contribution in [0.1, 0.15) is 61.5 Å². The fourth-order valence-electron chi connectivity index (χ4n) is 6.06. The van der Waals surface area contributed by atoms with Crippen molar-refractivity contribution in [1.82, 2.24) is 10.6 Å². The van der Waals surface area contributed by atoms with Gasteiger partial charge in [0.25, 0.3) is 5.91 Å². The van der Waals surface area contributed by atoms with Crippen molar-refractivity contribution in [3.05, 3.63) is 65.2 Å². The summed E-state index contributed by atoms with van der Waals surface area (Å²) in [7, 11) is 0. The van der Waals surface area contributed by atoms with Gasteiger partial charge in [0.05, 0.1) is 12.6 Å². The first kappa shape index (κ1) is 29.5. The smallest absolute Gasteiger partial charge is 0.251 e. The standard InChI is InChI=1S/C32H39N3O5/c1-20(37)30(28(38)19-36)35-31(40)23-10-6-21(7-11-23)4-5-22-8-14-26(15-9-22)34-29(39)18-33-17-24-12-13-25-16-27(24)32(25,2)3/h6-11,14-15,20,24-25,27,30,33,36-37H,12-13,16-19H2,1-3H3,(H,34,39)(H,35,40)/t20-,24+,25+,27+,30+/m1/s1. The number of carbonyl (C=O) groups is 3. The third-order valence-electron chi connectivity index (χ3n) is 8.63. The van der Waals surface area contributed by atoms with Crippen molar-refractivity contribution in [2.45, 2.75) is 52.2 Å². The summed E-state index contributed by atoms with van der Waals surface area (Å²) in [4.78, 5) is 36.6. The predicted molar refractivity (Wildman–Crippen MR) is 153 cm³/mol. The Hall–Kier alpha value is -3.51. The molecule has 0 unspecified atom stereocenters.